The lowest BCUT2D eigenvalue weighted by atomic mass is 10.2. The van der Waals surface area contributed by atoms with Crippen molar-refractivity contribution in [2.45, 2.75) is 13.0 Å². The van der Waals surface area contributed by atoms with E-state index in [1.807, 2.05) is 6.20 Å². The molecule has 2 rings (SSSR count). The third-order valence-corrected chi connectivity index (χ3v) is 3.22. The van der Waals surface area contributed by atoms with Crippen LogP contribution in [0.5, 0.6) is 5.75 Å². The Bertz CT molecular complexity index is 612. The number of benzene rings is 1. The number of nitrogens with one attached hydrogen (secondary N) is 1. The number of halogens is 1. The molecule has 0 aliphatic carbocycles. The highest BCUT2D eigenvalue weighted by atomic mass is 127. The topological polar surface area (TPSA) is 82.2 Å². The zero-order valence-corrected chi connectivity index (χ0v) is 13.1. The van der Waals surface area contributed by atoms with Gasteiger partial charge in [0.05, 0.1) is 22.6 Å². The van der Waals surface area contributed by atoms with E-state index in [0.717, 1.165) is 3.57 Å². The van der Waals surface area contributed by atoms with Crippen molar-refractivity contribution in [3.05, 3.63) is 34.2 Å². The molecule has 3 N–H and O–H groups in total. The monoisotopic (exact) mass is 386 g/mol. The Kier molecular flexibility index (Phi) is 4.83. The van der Waals surface area contributed by atoms with Crippen LogP contribution in [0.25, 0.3) is 0 Å². The van der Waals surface area contributed by atoms with Crippen molar-refractivity contribution in [3.63, 3.8) is 0 Å². The first kappa shape index (κ1) is 14.6. The number of nitrogen functional groups attached to an aromatic ring is 1. The van der Waals surface area contributed by atoms with Gasteiger partial charge in [-0.05, 0) is 40.8 Å². The normalized spacial score (nSPS) is 10.3. The number of nitrogens with zero attached hydrogens (tertiary/aromatic N) is 2. The first-order chi connectivity index (χ1) is 9.58. The number of anilines is 2. The van der Waals surface area contributed by atoms with Crippen molar-refractivity contribution >= 4 is 39.9 Å². The Hall–Kier alpha value is -1.77. The van der Waals surface area contributed by atoms with Gasteiger partial charge in [0.2, 0.25) is 5.91 Å². The van der Waals surface area contributed by atoms with Crippen LogP contribution < -0.4 is 15.8 Å². The second kappa shape index (κ2) is 6.60. The molecule has 6 nitrogen and oxygen atoms in total. The molecule has 0 spiro atoms. The van der Waals surface area contributed by atoms with E-state index in [9.17, 15) is 4.79 Å². The summed E-state index contributed by atoms with van der Waals surface area (Å²) in [5, 5.41) is 6.92. The molecule has 0 bridgehead atoms. The van der Waals surface area contributed by atoms with Crippen LogP contribution in [0.2, 0.25) is 0 Å². The number of aromatic nitrogens is 2. The summed E-state index contributed by atoms with van der Waals surface area (Å²) in [6.07, 6.45) is 3.96. The van der Waals surface area contributed by atoms with Gasteiger partial charge in [0.25, 0.3) is 0 Å². The number of nitrogens with two attached hydrogens (primary N) is 1. The minimum Gasteiger partial charge on any atom is -0.495 e. The van der Waals surface area contributed by atoms with E-state index in [1.54, 1.807) is 36.2 Å². The van der Waals surface area contributed by atoms with E-state index in [1.165, 1.54) is 0 Å². The summed E-state index contributed by atoms with van der Waals surface area (Å²) < 4.78 is 7.95. The number of rotatable bonds is 5. The van der Waals surface area contributed by atoms with E-state index in [2.05, 4.69) is 33.0 Å². The molecule has 0 unspecified atom stereocenters. The van der Waals surface area contributed by atoms with Gasteiger partial charge in [-0.3, -0.25) is 9.48 Å². The molecule has 2 aromatic rings. The van der Waals surface area contributed by atoms with E-state index in [0.29, 0.717) is 30.1 Å². The van der Waals surface area contributed by atoms with E-state index >= 15 is 0 Å². The number of hydrogen-bond donors (Lipinski definition) is 2. The minimum atomic E-state index is -0.112. The predicted molar refractivity (Wildman–Crippen MR) is 85.6 cm³/mol. The lowest BCUT2D eigenvalue weighted by Gasteiger charge is -2.10. The Balaban J connectivity index is 1.96. The van der Waals surface area contributed by atoms with Crippen LogP contribution in [0.4, 0.5) is 11.4 Å². The van der Waals surface area contributed by atoms with Crippen molar-refractivity contribution in [3.8, 4) is 5.75 Å². The lowest BCUT2D eigenvalue weighted by molar-refractivity contribution is -0.116. The molecule has 0 saturated heterocycles. The van der Waals surface area contributed by atoms with E-state index in [4.69, 9.17) is 10.5 Å². The first-order valence-electron chi connectivity index (χ1n) is 6.00. The molecular weight excluding hydrogens is 371 g/mol. The highest BCUT2D eigenvalue weighted by Gasteiger charge is 2.08. The van der Waals surface area contributed by atoms with Crippen molar-refractivity contribution in [2.24, 2.45) is 0 Å². The minimum absolute atomic E-state index is 0.112. The van der Waals surface area contributed by atoms with Crippen LogP contribution in [0.1, 0.15) is 6.42 Å². The van der Waals surface area contributed by atoms with Crippen molar-refractivity contribution in [1.29, 1.82) is 0 Å². The van der Waals surface area contributed by atoms with Gasteiger partial charge in [-0.2, -0.15) is 5.10 Å². The zero-order chi connectivity index (χ0) is 14.5. The molecule has 1 aromatic carbocycles. The van der Waals surface area contributed by atoms with Gasteiger partial charge in [-0.1, -0.05) is 0 Å². The molecule has 0 aliphatic heterocycles. The molecule has 1 heterocycles. The molecular formula is C13H15IN4O2. The Morgan fingerprint density at radius 1 is 1.55 bits per heavy atom. The van der Waals surface area contributed by atoms with E-state index in [-0.39, 0.29) is 5.91 Å². The first-order valence-corrected chi connectivity index (χ1v) is 7.07. The molecule has 0 radical (unpaired) electrons. The second-order valence-electron chi connectivity index (χ2n) is 4.18. The van der Waals surface area contributed by atoms with Crippen LogP contribution in [-0.4, -0.2) is 22.8 Å². The van der Waals surface area contributed by atoms with E-state index < -0.39 is 0 Å². The molecule has 1 aromatic heterocycles. The van der Waals surface area contributed by atoms with Crippen molar-refractivity contribution in [2.75, 3.05) is 18.2 Å². The highest BCUT2D eigenvalue weighted by Crippen LogP contribution is 2.26. The Morgan fingerprint density at radius 2 is 2.35 bits per heavy atom. The van der Waals surface area contributed by atoms with Crippen molar-refractivity contribution < 1.29 is 9.53 Å². The number of aryl methyl sites for hydroxylation is 1. The second-order valence-corrected chi connectivity index (χ2v) is 5.43. The van der Waals surface area contributed by atoms with Gasteiger partial charge < -0.3 is 15.8 Å². The molecule has 0 aliphatic rings. The third-order valence-electron chi connectivity index (χ3n) is 2.67. The third kappa shape index (κ3) is 3.86. The molecule has 106 valence electrons. The highest BCUT2D eigenvalue weighted by molar-refractivity contribution is 14.1. The Labute approximate surface area is 130 Å². The van der Waals surface area contributed by atoms with Crippen LogP contribution in [0, 0.1) is 3.57 Å². The fraction of sp³-hybridized carbons (Fsp3) is 0.231. The quantitative estimate of drug-likeness (QED) is 0.609. The molecule has 0 saturated carbocycles. The van der Waals surface area contributed by atoms with Gasteiger partial charge >= 0.3 is 0 Å². The zero-order valence-electron chi connectivity index (χ0n) is 11.0. The summed E-state index contributed by atoms with van der Waals surface area (Å²) in [7, 11) is 1.55. The van der Waals surface area contributed by atoms with Crippen LogP contribution >= 0.6 is 22.6 Å². The summed E-state index contributed by atoms with van der Waals surface area (Å²) in [6.45, 7) is 0.527. The number of amides is 1. The summed E-state index contributed by atoms with van der Waals surface area (Å²) in [4.78, 5) is 11.9. The number of hydrogen-bond acceptors (Lipinski definition) is 4. The van der Waals surface area contributed by atoms with Gasteiger partial charge in [0, 0.05) is 24.8 Å². The summed E-state index contributed by atoms with van der Waals surface area (Å²) in [5.41, 5.74) is 6.85. The smallest absolute Gasteiger partial charge is 0.226 e. The maximum Gasteiger partial charge on any atom is 0.226 e. The average Bonchev–Trinajstić information content (AvgIpc) is 2.83. The molecule has 0 atom stereocenters. The molecule has 1 amide bonds. The fourth-order valence-electron chi connectivity index (χ4n) is 1.71. The van der Waals surface area contributed by atoms with Gasteiger partial charge in [-0.15, -0.1) is 0 Å². The van der Waals surface area contributed by atoms with Gasteiger partial charge in [0.1, 0.15) is 5.75 Å². The maximum atomic E-state index is 11.9. The lowest BCUT2D eigenvalue weighted by Crippen LogP contribution is -2.15. The average molecular weight is 386 g/mol. The summed E-state index contributed by atoms with van der Waals surface area (Å²) in [5.74, 6) is 0.473. The van der Waals surface area contributed by atoms with Crippen molar-refractivity contribution in [1.82, 2.24) is 9.78 Å². The number of methoxy groups -OCH3 is 1. The Morgan fingerprint density at radius 3 is 3.00 bits per heavy atom. The molecule has 20 heavy (non-hydrogen) atoms. The number of ether oxygens (including phenoxy) is 1. The molecule has 0 fully saturated rings. The summed E-state index contributed by atoms with van der Waals surface area (Å²) >= 11 is 2.17. The SMILES string of the molecule is COc1ccc(N)cc1NC(=O)CCn1cc(I)cn1. The largest absolute Gasteiger partial charge is 0.495 e. The maximum absolute atomic E-state index is 11.9. The fourth-order valence-corrected chi connectivity index (χ4v) is 2.16. The van der Waals surface area contributed by atoms with Crippen LogP contribution in [0.15, 0.2) is 30.6 Å². The van der Waals surface area contributed by atoms with Gasteiger partial charge in [0.15, 0.2) is 0 Å². The summed E-state index contributed by atoms with van der Waals surface area (Å²) in [6, 6.07) is 5.12. The predicted octanol–water partition coefficient (Wildman–Crippen LogP) is 2.11. The van der Waals surface area contributed by atoms with Gasteiger partial charge in [-0.25, -0.2) is 0 Å². The number of carbonyl (C=O) groups is 1. The number of carbonyl (C=O) groups excluding carboxylic acids is 1. The standard InChI is InChI=1S/C13H15IN4O2/c1-20-12-3-2-10(15)6-11(12)17-13(19)4-5-18-8-9(14)7-16-18/h2-3,6-8H,4-5,15H2,1H3,(H,17,19). The molecule has 7 heteroatoms. The van der Waals surface area contributed by atoms with Crippen LogP contribution in [-0.2, 0) is 11.3 Å². The van der Waals surface area contributed by atoms with Crippen LogP contribution in [0.3, 0.4) is 0 Å².